The van der Waals surface area contributed by atoms with Gasteiger partial charge in [-0.1, -0.05) is 35.9 Å². The Morgan fingerprint density at radius 3 is 2.90 bits per heavy atom. The van der Waals surface area contributed by atoms with Gasteiger partial charge in [-0.05, 0) is 64.5 Å². The van der Waals surface area contributed by atoms with Crippen molar-refractivity contribution in [2.75, 3.05) is 11.9 Å². The quantitative estimate of drug-likeness (QED) is 0.756. The van der Waals surface area contributed by atoms with Gasteiger partial charge in [-0.15, -0.1) is 0 Å². The molecule has 0 radical (unpaired) electrons. The molecule has 0 saturated carbocycles. The van der Waals surface area contributed by atoms with Crippen LogP contribution in [0, 0.1) is 0 Å². The third kappa shape index (κ3) is 3.02. The normalized spacial score (nSPS) is 17.6. The van der Waals surface area contributed by atoms with E-state index in [1.165, 1.54) is 30.4 Å². The molecule has 0 saturated heterocycles. The Hall–Kier alpha value is -0.990. The molecule has 0 bridgehead atoms. The molecular weight excluding hydrogens is 334 g/mol. The van der Waals surface area contributed by atoms with Crippen LogP contribution >= 0.6 is 27.5 Å². The van der Waals surface area contributed by atoms with E-state index >= 15 is 0 Å². The molecule has 2 aromatic carbocycles. The SMILES string of the molecule is Clc1ccc(NCC2CCCc3ccccc32)cc1Br. The van der Waals surface area contributed by atoms with Crippen LogP contribution in [0.1, 0.15) is 29.9 Å². The van der Waals surface area contributed by atoms with Gasteiger partial charge in [0, 0.05) is 22.6 Å². The van der Waals surface area contributed by atoms with Crippen LogP contribution in [-0.2, 0) is 6.42 Å². The Bertz CT molecular complexity index is 612. The second kappa shape index (κ2) is 6.19. The summed E-state index contributed by atoms with van der Waals surface area (Å²) in [6.07, 6.45) is 3.77. The lowest BCUT2D eigenvalue weighted by Crippen LogP contribution is -2.18. The minimum Gasteiger partial charge on any atom is -0.384 e. The van der Waals surface area contributed by atoms with E-state index in [9.17, 15) is 0 Å². The van der Waals surface area contributed by atoms with E-state index in [0.717, 1.165) is 21.7 Å². The van der Waals surface area contributed by atoms with Crippen LogP contribution in [0.25, 0.3) is 0 Å². The van der Waals surface area contributed by atoms with Crippen LogP contribution < -0.4 is 5.32 Å². The first-order valence-corrected chi connectivity index (χ1v) is 8.18. The molecular formula is C17H17BrClN. The molecule has 0 fully saturated rings. The lowest BCUT2D eigenvalue weighted by Gasteiger charge is -2.26. The number of aryl methyl sites for hydroxylation is 1. The van der Waals surface area contributed by atoms with Gasteiger partial charge in [-0.3, -0.25) is 0 Å². The summed E-state index contributed by atoms with van der Waals surface area (Å²) in [6.45, 7) is 0.977. The van der Waals surface area contributed by atoms with Crippen molar-refractivity contribution in [2.45, 2.75) is 25.2 Å². The molecule has 3 rings (SSSR count). The van der Waals surface area contributed by atoms with E-state index in [0.29, 0.717) is 5.92 Å². The maximum Gasteiger partial charge on any atom is 0.0549 e. The highest BCUT2D eigenvalue weighted by molar-refractivity contribution is 9.10. The predicted octanol–water partition coefficient (Wildman–Crippen LogP) is 5.63. The first-order chi connectivity index (χ1) is 9.74. The maximum atomic E-state index is 6.02. The number of hydrogen-bond acceptors (Lipinski definition) is 1. The summed E-state index contributed by atoms with van der Waals surface area (Å²) >= 11 is 9.49. The van der Waals surface area contributed by atoms with Crippen molar-refractivity contribution in [3.05, 3.63) is 63.1 Å². The number of anilines is 1. The summed E-state index contributed by atoms with van der Waals surface area (Å²) in [5.74, 6) is 0.606. The van der Waals surface area contributed by atoms with Crippen LogP contribution in [0.15, 0.2) is 46.9 Å². The topological polar surface area (TPSA) is 12.0 Å². The number of benzene rings is 2. The average molecular weight is 351 g/mol. The Morgan fingerprint density at radius 2 is 2.05 bits per heavy atom. The molecule has 2 aromatic rings. The Morgan fingerprint density at radius 1 is 1.20 bits per heavy atom. The number of fused-ring (bicyclic) bond motifs is 1. The van der Waals surface area contributed by atoms with Gasteiger partial charge in [0.05, 0.1) is 5.02 Å². The summed E-state index contributed by atoms with van der Waals surface area (Å²) in [7, 11) is 0. The summed E-state index contributed by atoms with van der Waals surface area (Å²) in [5.41, 5.74) is 4.14. The predicted molar refractivity (Wildman–Crippen MR) is 89.8 cm³/mol. The molecule has 0 aliphatic heterocycles. The standard InChI is InChI=1S/C17H17BrClN/c18-16-10-14(8-9-17(16)19)20-11-13-6-3-5-12-4-1-2-7-15(12)13/h1-2,4,7-10,13,20H,3,5-6,11H2. The lowest BCUT2D eigenvalue weighted by molar-refractivity contribution is 0.572. The summed E-state index contributed by atoms with van der Waals surface area (Å²) in [5, 5.41) is 4.28. The number of halogens is 2. The van der Waals surface area contributed by atoms with Gasteiger partial charge in [0.2, 0.25) is 0 Å². The molecule has 3 heteroatoms. The monoisotopic (exact) mass is 349 g/mol. The van der Waals surface area contributed by atoms with Crippen molar-refractivity contribution in [3.63, 3.8) is 0 Å². The van der Waals surface area contributed by atoms with Crippen molar-refractivity contribution >= 4 is 33.2 Å². The van der Waals surface area contributed by atoms with Gasteiger partial charge >= 0.3 is 0 Å². The third-order valence-electron chi connectivity index (χ3n) is 3.97. The van der Waals surface area contributed by atoms with E-state index in [4.69, 9.17) is 11.6 Å². The summed E-state index contributed by atoms with van der Waals surface area (Å²) in [6, 6.07) is 14.8. The summed E-state index contributed by atoms with van der Waals surface area (Å²) in [4.78, 5) is 0. The van der Waals surface area contributed by atoms with E-state index in [-0.39, 0.29) is 0 Å². The van der Waals surface area contributed by atoms with Crippen LogP contribution in [0.2, 0.25) is 5.02 Å². The highest BCUT2D eigenvalue weighted by atomic mass is 79.9. The van der Waals surface area contributed by atoms with E-state index in [1.807, 2.05) is 18.2 Å². The van der Waals surface area contributed by atoms with Crippen LogP contribution in [0.5, 0.6) is 0 Å². The van der Waals surface area contributed by atoms with Crippen molar-refractivity contribution in [1.29, 1.82) is 0 Å². The molecule has 1 nitrogen and oxygen atoms in total. The van der Waals surface area contributed by atoms with Gasteiger partial charge < -0.3 is 5.32 Å². The van der Waals surface area contributed by atoms with Crippen molar-refractivity contribution in [1.82, 2.24) is 0 Å². The highest BCUT2D eigenvalue weighted by Crippen LogP contribution is 2.32. The van der Waals surface area contributed by atoms with Crippen LogP contribution in [0.3, 0.4) is 0 Å². The van der Waals surface area contributed by atoms with Gasteiger partial charge in [0.15, 0.2) is 0 Å². The smallest absolute Gasteiger partial charge is 0.0549 e. The molecule has 1 N–H and O–H groups in total. The molecule has 0 amide bonds. The Kier molecular flexibility index (Phi) is 4.32. The minimum absolute atomic E-state index is 0.606. The fourth-order valence-electron chi connectivity index (χ4n) is 2.91. The lowest BCUT2D eigenvalue weighted by atomic mass is 9.83. The molecule has 1 unspecified atom stereocenters. The van der Waals surface area contributed by atoms with E-state index in [1.54, 1.807) is 0 Å². The Labute approximate surface area is 133 Å². The summed E-state index contributed by atoms with van der Waals surface area (Å²) < 4.78 is 0.938. The second-order valence-corrected chi connectivity index (χ2v) is 6.56. The van der Waals surface area contributed by atoms with E-state index < -0.39 is 0 Å². The third-order valence-corrected chi connectivity index (χ3v) is 5.18. The van der Waals surface area contributed by atoms with Gasteiger partial charge in [0.1, 0.15) is 0 Å². The maximum absolute atomic E-state index is 6.02. The van der Waals surface area contributed by atoms with Gasteiger partial charge in [0.25, 0.3) is 0 Å². The van der Waals surface area contributed by atoms with Crippen molar-refractivity contribution < 1.29 is 0 Å². The zero-order valence-electron chi connectivity index (χ0n) is 11.2. The molecule has 0 heterocycles. The zero-order chi connectivity index (χ0) is 13.9. The zero-order valence-corrected chi connectivity index (χ0v) is 13.5. The molecule has 20 heavy (non-hydrogen) atoms. The molecule has 1 aliphatic rings. The average Bonchev–Trinajstić information content (AvgIpc) is 2.48. The van der Waals surface area contributed by atoms with Crippen molar-refractivity contribution in [3.8, 4) is 0 Å². The fraction of sp³-hybridized carbons (Fsp3) is 0.294. The molecule has 0 spiro atoms. The minimum atomic E-state index is 0.606. The first-order valence-electron chi connectivity index (χ1n) is 7.01. The van der Waals surface area contributed by atoms with Crippen molar-refractivity contribution in [2.24, 2.45) is 0 Å². The van der Waals surface area contributed by atoms with Gasteiger partial charge in [-0.25, -0.2) is 0 Å². The first kappa shape index (κ1) is 14.0. The number of nitrogens with one attached hydrogen (secondary N) is 1. The number of hydrogen-bond donors (Lipinski definition) is 1. The Balaban J connectivity index is 1.71. The van der Waals surface area contributed by atoms with Gasteiger partial charge in [-0.2, -0.15) is 0 Å². The second-order valence-electron chi connectivity index (χ2n) is 5.30. The van der Waals surface area contributed by atoms with Crippen LogP contribution in [-0.4, -0.2) is 6.54 Å². The number of rotatable bonds is 3. The molecule has 104 valence electrons. The largest absolute Gasteiger partial charge is 0.384 e. The molecule has 0 aromatic heterocycles. The molecule has 1 atom stereocenters. The highest BCUT2D eigenvalue weighted by Gasteiger charge is 2.19. The fourth-order valence-corrected chi connectivity index (χ4v) is 3.41. The molecule has 1 aliphatic carbocycles. The van der Waals surface area contributed by atoms with E-state index in [2.05, 4.69) is 45.5 Å². The van der Waals surface area contributed by atoms with Crippen LogP contribution in [0.4, 0.5) is 5.69 Å².